The van der Waals surface area contributed by atoms with Crippen LogP contribution < -0.4 is 9.47 Å². The number of aromatic hydroxyl groups is 2. The van der Waals surface area contributed by atoms with Gasteiger partial charge in [-0.05, 0) is 57.2 Å². The molecule has 0 fully saturated rings. The molecule has 0 bridgehead atoms. The van der Waals surface area contributed by atoms with Crippen LogP contribution in [0.15, 0.2) is 36.4 Å². The SMILES string of the molecule is CCOc1ccc(C(=O)c2ccc(OC(C)C)cc2)c(O)c1O. The van der Waals surface area contributed by atoms with E-state index in [0.29, 0.717) is 17.9 Å². The highest BCUT2D eigenvalue weighted by atomic mass is 16.5. The fourth-order valence-corrected chi connectivity index (χ4v) is 2.13. The average molecular weight is 316 g/mol. The lowest BCUT2D eigenvalue weighted by Gasteiger charge is -2.11. The standard InChI is InChI=1S/C18H20O5/c1-4-22-15-10-9-14(17(20)18(15)21)16(19)12-5-7-13(8-6-12)23-11(2)3/h5-11,20-21H,4H2,1-3H3. The van der Waals surface area contributed by atoms with Crippen LogP contribution in [-0.2, 0) is 0 Å². The molecule has 0 heterocycles. The first-order chi connectivity index (χ1) is 10.9. The molecule has 0 saturated carbocycles. The lowest BCUT2D eigenvalue weighted by Crippen LogP contribution is -2.06. The van der Waals surface area contributed by atoms with Gasteiger partial charge in [-0.3, -0.25) is 4.79 Å². The quantitative estimate of drug-likeness (QED) is 0.630. The molecule has 0 aliphatic carbocycles. The monoisotopic (exact) mass is 316 g/mol. The van der Waals surface area contributed by atoms with E-state index < -0.39 is 17.3 Å². The average Bonchev–Trinajstić information content (AvgIpc) is 2.52. The van der Waals surface area contributed by atoms with Crippen molar-refractivity contribution in [2.45, 2.75) is 26.9 Å². The zero-order valence-electron chi connectivity index (χ0n) is 13.4. The molecule has 0 aliphatic rings. The smallest absolute Gasteiger partial charge is 0.201 e. The van der Waals surface area contributed by atoms with Gasteiger partial charge in [-0.1, -0.05) is 0 Å². The Labute approximate surface area is 135 Å². The molecule has 0 amide bonds. The van der Waals surface area contributed by atoms with E-state index in [2.05, 4.69) is 0 Å². The molecule has 0 saturated heterocycles. The van der Waals surface area contributed by atoms with Gasteiger partial charge in [0.1, 0.15) is 5.75 Å². The molecule has 122 valence electrons. The van der Waals surface area contributed by atoms with Gasteiger partial charge < -0.3 is 19.7 Å². The lowest BCUT2D eigenvalue weighted by molar-refractivity contribution is 0.103. The van der Waals surface area contributed by atoms with E-state index >= 15 is 0 Å². The van der Waals surface area contributed by atoms with Gasteiger partial charge >= 0.3 is 0 Å². The Bertz CT molecular complexity index is 689. The molecular weight excluding hydrogens is 296 g/mol. The largest absolute Gasteiger partial charge is 0.504 e. The Balaban J connectivity index is 2.28. The van der Waals surface area contributed by atoms with E-state index in [-0.39, 0.29) is 17.4 Å². The van der Waals surface area contributed by atoms with Gasteiger partial charge in [0.2, 0.25) is 5.75 Å². The second-order valence-electron chi connectivity index (χ2n) is 5.26. The number of carbonyl (C=O) groups is 1. The zero-order chi connectivity index (χ0) is 17.0. The minimum Gasteiger partial charge on any atom is -0.504 e. The molecule has 23 heavy (non-hydrogen) atoms. The molecule has 0 spiro atoms. The summed E-state index contributed by atoms with van der Waals surface area (Å²) in [5.74, 6) is -0.504. The highest BCUT2D eigenvalue weighted by Gasteiger charge is 2.19. The third-order valence-electron chi connectivity index (χ3n) is 3.15. The molecule has 0 radical (unpaired) electrons. The Morgan fingerprint density at radius 2 is 1.70 bits per heavy atom. The second kappa shape index (κ2) is 7.05. The molecule has 0 aliphatic heterocycles. The van der Waals surface area contributed by atoms with Gasteiger partial charge in [0, 0.05) is 5.56 Å². The summed E-state index contributed by atoms with van der Waals surface area (Å²) in [5.41, 5.74) is 0.406. The summed E-state index contributed by atoms with van der Waals surface area (Å²) in [5, 5.41) is 19.9. The van der Waals surface area contributed by atoms with Crippen molar-refractivity contribution in [2.75, 3.05) is 6.61 Å². The van der Waals surface area contributed by atoms with Crippen molar-refractivity contribution in [2.24, 2.45) is 0 Å². The number of phenolic OH excluding ortho intramolecular Hbond substituents is 2. The number of rotatable bonds is 6. The van der Waals surface area contributed by atoms with Gasteiger partial charge in [-0.2, -0.15) is 0 Å². The summed E-state index contributed by atoms with van der Waals surface area (Å²) in [6.45, 7) is 5.94. The third kappa shape index (κ3) is 3.74. The normalized spacial score (nSPS) is 10.6. The topological polar surface area (TPSA) is 76.0 Å². The van der Waals surface area contributed by atoms with Gasteiger partial charge in [-0.15, -0.1) is 0 Å². The summed E-state index contributed by atoms with van der Waals surface area (Å²) >= 11 is 0. The summed E-state index contributed by atoms with van der Waals surface area (Å²) in [6.07, 6.45) is 0.0450. The first-order valence-corrected chi connectivity index (χ1v) is 7.43. The molecule has 0 atom stereocenters. The van der Waals surface area contributed by atoms with E-state index in [0.717, 1.165) is 0 Å². The van der Waals surface area contributed by atoms with Gasteiger partial charge in [0.15, 0.2) is 17.3 Å². The maximum absolute atomic E-state index is 12.5. The fraction of sp³-hybridized carbons (Fsp3) is 0.278. The van der Waals surface area contributed by atoms with Crippen molar-refractivity contribution in [3.8, 4) is 23.0 Å². The van der Waals surface area contributed by atoms with Gasteiger partial charge in [0.05, 0.1) is 18.3 Å². The van der Waals surface area contributed by atoms with Gasteiger partial charge in [-0.25, -0.2) is 0 Å². The Morgan fingerprint density at radius 1 is 1.04 bits per heavy atom. The van der Waals surface area contributed by atoms with Crippen LogP contribution >= 0.6 is 0 Å². The van der Waals surface area contributed by atoms with Gasteiger partial charge in [0.25, 0.3) is 0 Å². The maximum atomic E-state index is 12.5. The molecule has 2 N–H and O–H groups in total. The number of ketones is 1. The van der Waals surface area contributed by atoms with Crippen LogP contribution in [0.5, 0.6) is 23.0 Å². The van der Waals surface area contributed by atoms with Crippen LogP contribution in [0.4, 0.5) is 0 Å². The molecule has 5 nitrogen and oxygen atoms in total. The van der Waals surface area contributed by atoms with Crippen LogP contribution in [0.3, 0.4) is 0 Å². The van der Waals surface area contributed by atoms with E-state index in [1.165, 1.54) is 12.1 Å². The molecule has 2 aromatic rings. The fourth-order valence-electron chi connectivity index (χ4n) is 2.13. The predicted molar refractivity (Wildman–Crippen MR) is 86.6 cm³/mol. The molecule has 0 unspecified atom stereocenters. The molecule has 2 aromatic carbocycles. The van der Waals surface area contributed by atoms with E-state index in [1.807, 2.05) is 13.8 Å². The van der Waals surface area contributed by atoms with Crippen molar-refractivity contribution in [1.29, 1.82) is 0 Å². The lowest BCUT2D eigenvalue weighted by atomic mass is 10.0. The number of hydrogen-bond donors (Lipinski definition) is 2. The Morgan fingerprint density at radius 3 is 2.26 bits per heavy atom. The first-order valence-electron chi connectivity index (χ1n) is 7.43. The maximum Gasteiger partial charge on any atom is 0.201 e. The van der Waals surface area contributed by atoms with E-state index in [1.54, 1.807) is 31.2 Å². The molecular formula is C18H20O5. The highest BCUT2D eigenvalue weighted by molar-refractivity contribution is 6.11. The number of hydrogen-bond acceptors (Lipinski definition) is 5. The summed E-state index contributed by atoms with van der Waals surface area (Å²) in [7, 11) is 0. The van der Waals surface area contributed by atoms with Crippen LogP contribution in [0.25, 0.3) is 0 Å². The summed E-state index contributed by atoms with van der Waals surface area (Å²) < 4.78 is 10.7. The summed E-state index contributed by atoms with van der Waals surface area (Å²) in [6, 6.07) is 9.51. The van der Waals surface area contributed by atoms with Crippen LogP contribution in [0.2, 0.25) is 0 Å². The number of ether oxygens (including phenoxy) is 2. The van der Waals surface area contributed by atoms with Crippen molar-refractivity contribution in [3.63, 3.8) is 0 Å². The van der Waals surface area contributed by atoms with Crippen molar-refractivity contribution in [3.05, 3.63) is 47.5 Å². The molecule has 5 heteroatoms. The van der Waals surface area contributed by atoms with Crippen molar-refractivity contribution < 1.29 is 24.5 Å². The van der Waals surface area contributed by atoms with Crippen LogP contribution in [-0.4, -0.2) is 28.7 Å². The molecule has 2 rings (SSSR count). The van der Waals surface area contributed by atoms with Crippen LogP contribution in [0.1, 0.15) is 36.7 Å². The number of benzene rings is 2. The van der Waals surface area contributed by atoms with Crippen LogP contribution in [0, 0.1) is 0 Å². The highest BCUT2D eigenvalue weighted by Crippen LogP contribution is 2.38. The van der Waals surface area contributed by atoms with E-state index in [9.17, 15) is 15.0 Å². The zero-order valence-corrected chi connectivity index (χ0v) is 13.4. The number of carbonyl (C=O) groups excluding carboxylic acids is 1. The summed E-state index contributed by atoms with van der Waals surface area (Å²) in [4.78, 5) is 12.5. The Kier molecular flexibility index (Phi) is 5.11. The van der Waals surface area contributed by atoms with Crippen molar-refractivity contribution >= 4 is 5.78 Å². The first kappa shape index (κ1) is 16.7. The molecule has 0 aromatic heterocycles. The number of phenols is 2. The second-order valence-corrected chi connectivity index (χ2v) is 5.26. The van der Waals surface area contributed by atoms with Crippen molar-refractivity contribution in [1.82, 2.24) is 0 Å². The van der Waals surface area contributed by atoms with E-state index in [4.69, 9.17) is 9.47 Å². The minimum atomic E-state index is -0.483. The Hall–Kier alpha value is -2.69. The predicted octanol–water partition coefficient (Wildman–Crippen LogP) is 3.51. The minimum absolute atomic E-state index is 0.0171. The third-order valence-corrected chi connectivity index (χ3v) is 3.15.